The fraction of sp³-hybridized carbons (Fsp3) is 0.727. The lowest BCUT2D eigenvalue weighted by Gasteiger charge is -2.31. The summed E-state index contributed by atoms with van der Waals surface area (Å²) in [5, 5.41) is 2.35. The Labute approximate surface area is 105 Å². The number of aryl methyl sites for hydroxylation is 1. The highest BCUT2D eigenvalue weighted by Crippen LogP contribution is 2.28. The van der Waals surface area contributed by atoms with E-state index in [1.54, 1.807) is 11.3 Å². The highest BCUT2D eigenvalue weighted by atomic mass is 32.1. The van der Waals surface area contributed by atoms with Crippen molar-refractivity contribution in [1.82, 2.24) is 4.68 Å². The van der Waals surface area contributed by atoms with Gasteiger partial charge in [-0.25, -0.2) is 4.68 Å². The molecule has 1 saturated heterocycles. The number of morpholine rings is 1. The molecule has 0 amide bonds. The van der Waals surface area contributed by atoms with E-state index in [1.807, 2.05) is 0 Å². The van der Waals surface area contributed by atoms with Gasteiger partial charge in [-0.05, 0) is 37.9 Å². The molecule has 0 atom stereocenters. The van der Waals surface area contributed by atoms with Gasteiger partial charge in [-0.1, -0.05) is 0 Å². The van der Waals surface area contributed by atoms with Gasteiger partial charge in [0, 0.05) is 4.88 Å². The quantitative estimate of drug-likeness (QED) is 0.717. The molecular formula is C11H16N2OS2. The summed E-state index contributed by atoms with van der Waals surface area (Å²) in [7, 11) is 0. The molecule has 88 valence electrons. The second kappa shape index (κ2) is 4.47. The van der Waals surface area contributed by atoms with Crippen LogP contribution in [0.25, 0.3) is 0 Å². The van der Waals surface area contributed by atoms with Crippen LogP contribution in [0, 0.1) is 3.95 Å². The summed E-state index contributed by atoms with van der Waals surface area (Å²) < 4.78 is 8.71. The zero-order valence-corrected chi connectivity index (χ0v) is 10.9. The molecule has 2 aliphatic rings. The summed E-state index contributed by atoms with van der Waals surface area (Å²) in [5.74, 6) is 0. The Morgan fingerprint density at radius 1 is 1.12 bits per heavy atom. The molecule has 3 rings (SSSR count). The third-order valence-corrected chi connectivity index (χ3v) is 4.76. The van der Waals surface area contributed by atoms with Gasteiger partial charge < -0.3 is 9.75 Å². The molecule has 0 aromatic carbocycles. The minimum Gasteiger partial charge on any atom is -0.378 e. The molecule has 1 aliphatic heterocycles. The van der Waals surface area contributed by atoms with E-state index in [9.17, 15) is 0 Å². The predicted octanol–water partition coefficient (Wildman–Crippen LogP) is 2.13. The van der Waals surface area contributed by atoms with E-state index in [0.29, 0.717) is 0 Å². The maximum absolute atomic E-state index is 5.50. The van der Waals surface area contributed by atoms with Crippen LogP contribution in [0.1, 0.15) is 23.4 Å². The molecule has 0 radical (unpaired) electrons. The Bertz CT molecular complexity index is 432. The molecule has 5 heteroatoms. The van der Waals surface area contributed by atoms with Crippen molar-refractivity contribution in [3.8, 4) is 0 Å². The van der Waals surface area contributed by atoms with E-state index in [-0.39, 0.29) is 0 Å². The van der Waals surface area contributed by atoms with Gasteiger partial charge in [-0.3, -0.25) is 0 Å². The van der Waals surface area contributed by atoms with Gasteiger partial charge in [0.25, 0.3) is 0 Å². The molecule has 3 nitrogen and oxygen atoms in total. The zero-order chi connectivity index (χ0) is 11.0. The average molecular weight is 256 g/mol. The number of thiazole rings is 1. The van der Waals surface area contributed by atoms with E-state index in [2.05, 4.69) is 9.69 Å². The smallest absolute Gasteiger partial charge is 0.180 e. The second-order valence-corrected chi connectivity index (χ2v) is 6.05. The molecule has 2 heterocycles. The maximum Gasteiger partial charge on any atom is 0.180 e. The highest BCUT2D eigenvalue weighted by molar-refractivity contribution is 7.73. The van der Waals surface area contributed by atoms with Crippen molar-refractivity contribution >= 4 is 23.6 Å². The van der Waals surface area contributed by atoms with Crippen LogP contribution in [0.4, 0.5) is 0 Å². The summed E-state index contributed by atoms with van der Waals surface area (Å²) in [6, 6.07) is 0. The number of ether oxygens (including phenoxy) is 1. The Morgan fingerprint density at radius 3 is 2.69 bits per heavy atom. The van der Waals surface area contributed by atoms with Crippen LogP contribution in [0.2, 0.25) is 0 Å². The fourth-order valence-electron chi connectivity index (χ4n) is 2.49. The van der Waals surface area contributed by atoms with Crippen LogP contribution in [0.5, 0.6) is 0 Å². The first kappa shape index (κ1) is 10.7. The summed E-state index contributed by atoms with van der Waals surface area (Å²) >= 11 is 7.31. The number of nitrogens with zero attached hydrogens (tertiary/aromatic N) is 2. The lowest BCUT2D eigenvalue weighted by molar-refractivity contribution is 0.110. The van der Waals surface area contributed by atoms with Crippen molar-refractivity contribution in [3.05, 3.63) is 14.5 Å². The SMILES string of the molecule is S=c1sc2c(n1N1CCOCC1)CCCC2. The number of hydrogen-bond donors (Lipinski definition) is 0. The molecular weight excluding hydrogens is 240 g/mol. The minimum atomic E-state index is 0.826. The Hall–Kier alpha value is -0.390. The topological polar surface area (TPSA) is 17.4 Å². The van der Waals surface area contributed by atoms with Crippen molar-refractivity contribution in [3.63, 3.8) is 0 Å². The lowest BCUT2D eigenvalue weighted by atomic mass is 10.0. The van der Waals surface area contributed by atoms with Gasteiger partial charge in [-0.2, -0.15) is 0 Å². The number of rotatable bonds is 1. The Kier molecular flexibility index (Phi) is 3.00. The predicted molar refractivity (Wildman–Crippen MR) is 68.6 cm³/mol. The highest BCUT2D eigenvalue weighted by Gasteiger charge is 2.21. The third-order valence-electron chi connectivity index (χ3n) is 3.30. The standard InChI is InChI=1S/C11H16N2OS2/c15-11-13(12-5-7-14-8-6-12)9-3-1-2-4-10(9)16-11/h1-8H2. The Balaban J connectivity index is 1.98. The Morgan fingerprint density at radius 2 is 1.88 bits per heavy atom. The first-order valence-corrected chi connectivity index (χ1v) is 7.15. The maximum atomic E-state index is 5.50. The summed E-state index contributed by atoms with van der Waals surface area (Å²) in [6.07, 6.45) is 5.05. The molecule has 0 N–H and O–H groups in total. The monoisotopic (exact) mass is 256 g/mol. The van der Waals surface area contributed by atoms with E-state index in [1.165, 1.54) is 36.3 Å². The number of fused-ring (bicyclic) bond motifs is 1. The second-order valence-electron chi connectivity index (χ2n) is 4.32. The molecule has 0 unspecified atom stereocenters. The van der Waals surface area contributed by atoms with Crippen LogP contribution < -0.4 is 5.01 Å². The molecule has 1 fully saturated rings. The van der Waals surface area contributed by atoms with Crippen LogP contribution in [0.15, 0.2) is 0 Å². The van der Waals surface area contributed by atoms with Crippen LogP contribution in [-0.4, -0.2) is 31.0 Å². The minimum absolute atomic E-state index is 0.826. The fourth-order valence-corrected chi connectivity index (χ4v) is 4.10. The molecule has 16 heavy (non-hydrogen) atoms. The normalized spacial score (nSPS) is 20.9. The molecule has 0 spiro atoms. The van der Waals surface area contributed by atoms with Crippen LogP contribution in [0.3, 0.4) is 0 Å². The van der Waals surface area contributed by atoms with E-state index in [4.69, 9.17) is 17.0 Å². The van der Waals surface area contributed by atoms with Gasteiger partial charge in [0.2, 0.25) is 0 Å². The van der Waals surface area contributed by atoms with Crippen LogP contribution >= 0.6 is 23.6 Å². The van der Waals surface area contributed by atoms with Crippen molar-refractivity contribution < 1.29 is 4.74 Å². The third kappa shape index (κ3) is 1.81. The summed E-state index contributed by atoms with van der Waals surface area (Å²) in [4.78, 5) is 1.52. The lowest BCUT2D eigenvalue weighted by Crippen LogP contribution is -2.45. The first-order chi connectivity index (χ1) is 7.86. The van der Waals surface area contributed by atoms with Gasteiger partial charge in [0.15, 0.2) is 3.95 Å². The number of hydrogen-bond acceptors (Lipinski definition) is 4. The van der Waals surface area contributed by atoms with Gasteiger partial charge in [-0.15, -0.1) is 11.3 Å². The summed E-state index contributed by atoms with van der Waals surface area (Å²) in [5.41, 5.74) is 1.48. The van der Waals surface area contributed by atoms with Crippen LogP contribution in [-0.2, 0) is 17.6 Å². The molecule has 1 aromatic rings. The molecule has 0 bridgehead atoms. The summed E-state index contributed by atoms with van der Waals surface area (Å²) in [6.45, 7) is 3.59. The van der Waals surface area contributed by atoms with Crippen molar-refractivity contribution in [2.75, 3.05) is 31.3 Å². The van der Waals surface area contributed by atoms with Gasteiger partial charge in [0.1, 0.15) is 0 Å². The molecule has 1 aromatic heterocycles. The van der Waals surface area contributed by atoms with Gasteiger partial charge in [0.05, 0.1) is 32.0 Å². The largest absolute Gasteiger partial charge is 0.378 e. The van der Waals surface area contributed by atoms with E-state index in [0.717, 1.165) is 30.3 Å². The van der Waals surface area contributed by atoms with E-state index >= 15 is 0 Å². The first-order valence-electron chi connectivity index (χ1n) is 5.93. The van der Waals surface area contributed by atoms with Crippen molar-refractivity contribution in [2.24, 2.45) is 0 Å². The molecule has 0 saturated carbocycles. The van der Waals surface area contributed by atoms with E-state index < -0.39 is 0 Å². The van der Waals surface area contributed by atoms with Crippen molar-refractivity contribution in [1.29, 1.82) is 0 Å². The average Bonchev–Trinajstić information content (AvgIpc) is 2.66. The zero-order valence-electron chi connectivity index (χ0n) is 9.28. The van der Waals surface area contributed by atoms with Crippen molar-refractivity contribution in [2.45, 2.75) is 25.7 Å². The number of aromatic nitrogens is 1. The van der Waals surface area contributed by atoms with Gasteiger partial charge >= 0.3 is 0 Å². The molecule has 1 aliphatic carbocycles.